The minimum atomic E-state index is -0.903. The molecule has 186 valence electrons. The summed E-state index contributed by atoms with van der Waals surface area (Å²) < 4.78 is 24.6. The molecule has 2 heterocycles. The van der Waals surface area contributed by atoms with E-state index in [4.69, 9.17) is 32.7 Å². The van der Waals surface area contributed by atoms with Crippen LogP contribution in [0, 0.1) is 5.82 Å². The lowest BCUT2D eigenvalue weighted by Gasteiger charge is -2.29. The molecule has 2 saturated heterocycles. The molecule has 0 bridgehead atoms. The molecule has 2 aliphatic rings. The Kier molecular flexibility index (Phi) is 7.96. The molecule has 35 heavy (non-hydrogen) atoms. The number of benzene rings is 2. The van der Waals surface area contributed by atoms with Crippen molar-refractivity contribution < 1.29 is 28.6 Å². The molecule has 2 aliphatic heterocycles. The number of Topliss-reactive ketones (excluding diaryl/α,β-unsaturated/α-hetero) is 1. The van der Waals surface area contributed by atoms with E-state index in [9.17, 15) is 19.1 Å². The number of methoxy groups -OCH3 is 1. The van der Waals surface area contributed by atoms with Crippen LogP contribution in [0.3, 0.4) is 0 Å². The van der Waals surface area contributed by atoms with Crippen LogP contribution >= 0.6 is 23.2 Å². The van der Waals surface area contributed by atoms with Gasteiger partial charge < -0.3 is 19.5 Å². The topological polar surface area (TPSA) is 79.3 Å². The van der Waals surface area contributed by atoms with Gasteiger partial charge in [-0.15, -0.1) is 0 Å². The highest BCUT2D eigenvalue weighted by Crippen LogP contribution is 2.41. The van der Waals surface area contributed by atoms with Gasteiger partial charge in [-0.05, 0) is 42.3 Å². The molecular formula is C25H25Cl2FN2O5. The first-order valence-electron chi connectivity index (χ1n) is 11.2. The molecule has 0 unspecified atom stereocenters. The average molecular weight is 523 g/mol. The van der Waals surface area contributed by atoms with E-state index in [0.717, 1.165) is 25.7 Å². The van der Waals surface area contributed by atoms with E-state index in [2.05, 4.69) is 4.90 Å². The van der Waals surface area contributed by atoms with Crippen molar-refractivity contribution in [3.63, 3.8) is 0 Å². The second-order valence-corrected chi connectivity index (χ2v) is 9.14. The molecular weight excluding hydrogens is 498 g/mol. The number of halogens is 3. The van der Waals surface area contributed by atoms with Gasteiger partial charge in [0.2, 0.25) is 0 Å². The number of likely N-dealkylation sites (tertiary alicyclic amines) is 1. The second kappa shape index (κ2) is 11.0. The zero-order valence-electron chi connectivity index (χ0n) is 19.1. The van der Waals surface area contributed by atoms with Crippen LogP contribution in [0.1, 0.15) is 23.6 Å². The van der Waals surface area contributed by atoms with Crippen molar-refractivity contribution in [3.8, 4) is 5.75 Å². The van der Waals surface area contributed by atoms with E-state index in [1.807, 2.05) is 0 Å². The number of aliphatic hydroxyl groups excluding tert-OH is 1. The zero-order chi connectivity index (χ0) is 25.1. The number of carbonyl (C=O) groups is 2. The first kappa shape index (κ1) is 25.4. The van der Waals surface area contributed by atoms with Crippen molar-refractivity contribution in [2.75, 3.05) is 46.5 Å². The predicted molar refractivity (Wildman–Crippen MR) is 130 cm³/mol. The first-order chi connectivity index (χ1) is 16.8. The molecule has 1 atom stereocenters. The number of aliphatic hydroxyl groups is 1. The van der Waals surface area contributed by atoms with E-state index in [-0.39, 0.29) is 28.5 Å². The molecule has 0 aliphatic carbocycles. The fourth-order valence-electron chi connectivity index (χ4n) is 4.40. The Morgan fingerprint density at radius 1 is 1.11 bits per heavy atom. The normalized spacial score (nSPS) is 20.5. The van der Waals surface area contributed by atoms with E-state index >= 15 is 0 Å². The number of amides is 1. The summed E-state index contributed by atoms with van der Waals surface area (Å²) in [6.45, 7) is 3.93. The van der Waals surface area contributed by atoms with Gasteiger partial charge in [0.1, 0.15) is 5.76 Å². The quantitative estimate of drug-likeness (QED) is 0.332. The highest BCUT2D eigenvalue weighted by atomic mass is 35.5. The predicted octanol–water partition coefficient (Wildman–Crippen LogP) is 4.29. The summed E-state index contributed by atoms with van der Waals surface area (Å²) in [5, 5.41) is 11.7. The Bertz CT molecular complexity index is 1170. The second-order valence-electron chi connectivity index (χ2n) is 8.32. The lowest BCUT2D eigenvalue weighted by atomic mass is 9.95. The number of ether oxygens (including phenoxy) is 2. The number of nitrogens with zero attached hydrogens (tertiary/aromatic N) is 2. The Balaban J connectivity index is 1.71. The van der Waals surface area contributed by atoms with Crippen LogP contribution in [0.25, 0.3) is 5.76 Å². The maximum absolute atomic E-state index is 14.3. The van der Waals surface area contributed by atoms with Crippen molar-refractivity contribution in [1.82, 2.24) is 9.80 Å². The smallest absolute Gasteiger partial charge is 0.295 e. The molecule has 0 aromatic heterocycles. The highest BCUT2D eigenvalue weighted by molar-refractivity contribution is 6.46. The third-order valence-corrected chi connectivity index (χ3v) is 6.94. The molecule has 2 aromatic carbocycles. The lowest BCUT2D eigenvalue weighted by Crippen LogP contribution is -2.38. The number of hydrogen-bond donors (Lipinski definition) is 1. The summed E-state index contributed by atoms with van der Waals surface area (Å²) in [5.41, 5.74) is 0.435. The van der Waals surface area contributed by atoms with Crippen molar-refractivity contribution in [2.24, 2.45) is 0 Å². The van der Waals surface area contributed by atoms with Crippen LogP contribution in [-0.4, -0.2) is 73.1 Å². The molecule has 0 saturated carbocycles. The van der Waals surface area contributed by atoms with Crippen LogP contribution in [0.2, 0.25) is 10.0 Å². The maximum Gasteiger partial charge on any atom is 0.295 e. The number of morpholine rings is 1. The van der Waals surface area contributed by atoms with Gasteiger partial charge in [0.15, 0.2) is 11.6 Å². The Hall–Kier alpha value is -2.65. The number of rotatable bonds is 7. The van der Waals surface area contributed by atoms with Gasteiger partial charge in [0, 0.05) is 31.7 Å². The fourth-order valence-corrected chi connectivity index (χ4v) is 4.70. The van der Waals surface area contributed by atoms with Crippen LogP contribution in [0.4, 0.5) is 4.39 Å². The molecule has 10 heteroatoms. The third kappa shape index (κ3) is 5.30. The van der Waals surface area contributed by atoms with E-state index in [1.165, 1.54) is 24.1 Å². The molecule has 2 aromatic rings. The molecule has 0 spiro atoms. The Morgan fingerprint density at radius 3 is 2.51 bits per heavy atom. The van der Waals surface area contributed by atoms with Crippen LogP contribution in [0.5, 0.6) is 5.75 Å². The fraction of sp³-hybridized carbons (Fsp3) is 0.360. The third-order valence-electron chi connectivity index (χ3n) is 6.20. The minimum Gasteiger partial charge on any atom is -0.507 e. The summed E-state index contributed by atoms with van der Waals surface area (Å²) in [6.07, 6.45) is 0.613. The van der Waals surface area contributed by atoms with Crippen LogP contribution < -0.4 is 4.74 Å². The van der Waals surface area contributed by atoms with Crippen molar-refractivity contribution in [2.45, 2.75) is 12.5 Å². The van der Waals surface area contributed by atoms with Crippen molar-refractivity contribution >= 4 is 40.7 Å². The van der Waals surface area contributed by atoms with Crippen LogP contribution in [0.15, 0.2) is 42.0 Å². The molecule has 7 nitrogen and oxygen atoms in total. The zero-order valence-corrected chi connectivity index (χ0v) is 20.6. The summed E-state index contributed by atoms with van der Waals surface area (Å²) in [7, 11) is 1.32. The number of hydrogen-bond acceptors (Lipinski definition) is 6. The van der Waals surface area contributed by atoms with Gasteiger partial charge in [0.05, 0.1) is 42.0 Å². The van der Waals surface area contributed by atoms with Gasteiger partial charge in [-0.1, -0.05) is 29.3 Å². The summed E-state index contributed by atoms with van der Waals surface area (Å²) >= 11 is 12.3. The number of carbonyl (C=O) groups excluding carboxylic acids is 2. The van der Waals surface area contributed by atoms with Crippen molar-refractivity contribution in [1.29, 1.82) is 0 Å². The molecule has 2 fully saturated rings. The maximum atomic E-state index is 14.3. The van der Waals surface area contributed by atoms with Gasteiger partial charge in [0.25, 0.3) is 11.7 Å². The molecule has 1 N–H and O–H groups in total. The summed E-state index contributed by atoms with van der Waals surface area (Å²) in [6, 6.07) is 7.72. The molecule has 0 radical (unpaired) electrons. The Morgan fingerprint density at radius 2 is 1.86 bits per heavy atom. The van der Waals surface area contributed by atoms with E-state index in [1.54, 1.807) is 18.2 Å². The van der Waals surface area contributed by atoms with Crippen LogP contribution in [-0.2, 0) is 14.3 Å². The lowest BCUT2D eigenvalue weighted by molar-refractivity contribution is -0.140. The van der Waals surface area contributed by atoms with Crippen molar-refractivity contribution in [3.05, 3.63) is 69.0 Å². The summed E-state index contributed by atoms with van der Waals surface area (Å²) in [4.78, 5) is 29.9. The monoisotopic (exact) mass is 522 g/mol. The van der Waals surface area contributed by atoms with Gasteiger partial charge in [-0.2, -0.15) is 0 Å². The average Bonchev–Trinajstić information content (AvgIpc) is 3.11. The largest absolute Gasteiger partial charge is 0.507 e. The molecule has 4 rings (SSSR count). The first-order valence-corrected chi connectivity index (χ1v) is 11.9. The highest BCUT2D eigenvalue weighted by Gasteiger charge is 2.46. The van der Waals surface area contributed by atoms with E-state index in [0.29, 0.717) is 30.2 Å². The standard InChI is InChI=1S/C25H25Cl2FN2O5/c1-34-20-6-4-16(14-19(20)28)23(31)21-22(15-3-5-17(26)18(27)13-15)30(25(33)24(21)32)8-2-7-29-9-11-35-12-10-29/h3-6,13-14,22,31H,2,7-12H2,1H3/t22-/m1/s1. The van der Waals surface area contributed by atoms with Gasteiger partial charge in [-0.3, -0.25) is 14.5 Å². The SMILES string of the molecule is COc1ccc(C(O)=C2C(=O)C(=O)N(CCCN3CCOCC3)[C@@H]2c2ccc(Cl)c(Cl)c2)cc1F. The van der Waals surface area contributed by atoms with Gasteiger partial charge in [-0.25, -0.2) is 4.39 Å². The van der Waals surface area contributed by atoms with E-state index < -0.39 is 29.3 Å². The van der Waals surface area contributed by atoms with Gasteiger partial charge >= 0.3 is 0 Å². The number of ketones is 1. The summed E-state index contributed by atoms with van der Waals surface area (Å²) in [5.74, 6) is -2.77. The minimum absolute atomic E-state index is 0.00820. The molecule has 1 amide bonds. The Labute approximate surface area is 212 Å².